The Kier molecular flexibility index (Phi) is 53.3. The standard InChI is InChI=1S/C65H117N2O6P/c1-6-8-10-12-14-16-18-20-22-24-26-28-30-31-32-33-34-35-37-39-41-43-45-47-49-51-53-55-57-59-65(69)66-63(62-73-74(70,71)72-61-60-67(3,4)5)64(68)58-56-54-52-50-48-46-44-42-40-38-36-29-27-25-23-21-19-17-15-13-11-9-7-2/h8,10,14,16,20,22,26,28,31-32,34-35,39,41,45,47,63-64,68H,6-7,9,11-13,15,17-19,21,23-25,27,29-30,33,36-38,40,42-44,46,48-62H2,1-5H3,(H-,66,69,70,71)/b10-8-,16-14-,22-20-,28-26-,32-31-,35-34-,41-39-,47-45-. The Morgan fingerprint density at radius 2 is 0.824 bits per heavy atom. The van der Waals surface area contributed by atoms with Gasteiger partial charge >= 0.3 is 0 Å². The maximum Gasteiger partial charge on any atom is 0.268 e. The number of hydrogen-bond donors (Lipinski definition) is 2. The van der Waals surface area contributed by atoms with Crippen LogP contribution in [0.1, 0.15) is 258 Å². The Morgan fingerprint density at radius 3 is 1.20 bits per heavy atom. The first-order chi connectivity index (χ1) is 36.0. The van der Waals surface area contributed by atoms with Crippen LogP contribution in [0, 0.1) is 0 Å². The quantitative estimate of drug-likeness (QED) is 0.0272. The van der Waals surface area contributed by atoms with Gasteiger partial charge in [0.1, 0.15) is 13.2 Å². The van der Waals surface area contributed by atoms with Gasteiger partial charge in [0, 0.05) is 6.42 Å². The van der Waals surface area contributed by atoms with Crippen molar-refractivity contribution in [3.8, 4) is 0 Å². The fraction of sp³-hybridized carbons (Fsp3) is 0.738. The molecule has 9 heteroatoms. The van der Waals surface area contributed by atoms with Gasteiger partial charge in [-0.25, -0.2) is 0 Å². The number of amides is 1. The van der Waals surface area contributed by atoms with Crippen molar-refractivity contribution in [3.63, 3.8) is 0 Å². The highest BCUT2D eigenvalue weighted by Gasteiger charge is 2.24. The summed E-state index contributed by atoms with van der Waals surface area (Å²) >= 11 is 0. The van der Waals surface area contributed by atoms with Gasteiger partial charge in [-0.1, -0.05) is 272 Å². The van der Waals surface area contributed by atoms with Crippen LogP contribution in [0.3, 0.4) is 0 Å². The van der Waals surface area contributed by atoms with Gasteiger partial charge in [-0.15, -0.1) is 0 Å². The number of quaternary nitrogens is 1. The molecular weight excluding hydrogens is 936 g/mol. The SMILES string of the molecule is CC/C=C\C/C=C\C/C=C\C/C=C\C/C=C\C/C=C\C/C=C\C/C=C\CCCCCCC(=O)NC(COP(=O)([O-])OCC[N+](C)(C)C)C(O)CCCCCCCCCCCCCCCCCCCCCCCCC. The second-order valence-electron chi connectivity index (χ2n) is 21.7. The van der Waals surface area contributed by atoms with E-state index in [2.05, 4.69) is 116 Å². The lowest BCUT2D eigenvalue weighted by Gasteiger charge is -2.30. The number of carbonyl (C=O) groups is 1. The molecule has 3 atom stereocenters. The van der Waals surface area contributed by atoms with Crippen LogP contribution in [0.2, 0.25) is 0 Å². The molecule has 0 spiro atoms. The molecule has 0 aliphatic carbocycles. The first-order valence-electron chi connectivity index (χ1n) is 30.6. The van der Waals surface area contributed by atoms with Crippen molar-refractivity contribution >= 4 is 13.7 Å². The summed E-state index contributed by atoms with van der Waals surface area (Å²) in [5.74, 6) is -0.190. The monoisotopic (exact) mass is 1050 g/mol. The molecule has 0 fully saturated rings. The van der Waals surface area contributed by atoms with E-state index in [0.717, 1.165) is 103 Å². The number of carbonyl (C=O) groups excluding carboxylic acids is 1. The molecule has 1 amide bonds. The van der Waals surface area contributed by atoms with Crippen molar-refractivity contribution in [1.82, 2.24) is 5.32 Å². The van der Waals surface area contributed by atoms with Gasteiger partial charge in [0.05, 0.1) is 39.9 Å². The average molecular weight is 1050 g/mol. The zero-order valence-corrected chi connectivity index (χ0v) is 49.7. The number of hydrogen-bond acceptors (Lipinski definition) is 6. The highest BCUT2D eigenvalue weighted by atomic mass is 31.2. The smallest absolute Gasteiger partial charge is 0.268 e. The van der Waals surface area contributed by atoms with Crippen LogP contribution < -0.4 is 10.2 Å². The second kappa shape index (κ2) is 55.2. The summed E-state index contributed by atoms with van der Waals surface area (Å²) in [6, 6.07) is -0.823. The van der Waals surface area contributed by atoms with Crippen molar-refractivity contribution in [2.24, 2.45) is 0 Å². The number of nitrogens with zero attached hydrogens (tertiary/aromatic N) is 1. The molecule has 0 saturated heterocycles. The molecule has 0 saturated carbocycles. The lowest BCUT2D eigenvalue weighted by atomic mass is 10.0. The first-order valence-corrected chi connectivity index (χ1v) is 32.0. The van der Waals surface area contributed by atoms with Gasteiger partial charge in [0.2, 0.25) is 5.91 Å². The number of aliphatic hydroxyl groups excluding tert-OH is 1. The first kappa shape index (κ1) is 71.4. The molecule has 0 aliphatic heterocycles. The topological polar surface area (TPSA) is 108 Å². The third-order valence-electron chi connectivity index (χ3n) is 13.3. The molecule has 0 bridgehead atoms. The van der Waals surface area contributed by atoms with E-state index in [4.69, 9.17) is 9.05 Å². The van der Waals surface area contributed by atoms with Crippen molar-refractivity contribution in [3.05, 3.63) is 97.2 Å². The summed E-state index contributed by atoms with van der Waals surface area (Å²) in [6.07, 6.45) is 78.7. The van der Waals surface area contributed by atoms with E-state index < -0.39 is 20.0 Å². The largest absolute Gasteiger partial charge is 0.756 e. The Labute approximate surface area is 458 Å². The van der Waals surface area contributed by atoms with E-state index in [1.54, 1.807) is 0 Å². The Morgan fingerprint density at radius 1 is 0.486 bits per heavy atom. The normalized spacial score (nSPS) is 14.5. The predicted octanol–water partition coefficient (Wildman–Crippen LogP) is 18.4. The van der Waals surface area contributed by atoms with Crippen molar-refractivity contribution in [1.29, 1.82) is 0 Å². The number of rotatable bonds is 55. The van der Waals surface area contributed by atoms with Gasteiger partial charge in [-0.2, -0.15) is 0 Å². The highest BCUT2D eigenvalue weighted by molar-refractivity contribution is 7.45. The number of allylic oxidation sites excluding steroid dienone is 16. The molecule has 428 valence electrons. The van der Waals surface area contributed by atoms with Crippen LogP contribution in [0.25, 0.3) is 0 Å². The summed E-state index contributed by atoms with van der Waals surface area (Å²) in [6.45, 7) is 4.60. The summed E-state index contributed by atoms with van der Waals surface area (Å²) in [5, 5.41) is 14.0. The van der Waals surface area contributed by atoms with E-state index in [1.807, 2.05) is 21.1 Å². The van der Waals surface area contributed by atoms with E-state index in [1.165, 1.54) is 128 Å². The molecule has 0 radical (unpaired) electrons. The van der Waals surface area contributed by atoms with E-state index >= 15 is 0 Å². The summed E-state index contributed by atoms with van der Waals surface area (Å²) in [4.78, 5) is 25.6. The maximum atomic E-state index is 13.0. The van der Waals surface area contributed by atoms with Gasteiger partial charge in [-0.05, 0) is 77.0 Å². The van der Waals surface area contributed by atoms with Gasteiger partial charge in [0.15, 0.2) is 0 Å². The fourth-order valence-electron chi connectivity index (χ4n) is 8.59. The highest BCUT2D eigenvalue weighted by Crippen LogP contribution is 2.38. The molecule has 8 nitrogen and oxygen atoms in total. The van der Waals surface area contributed by atoms with Crippen molar-refractivity contribution in [2.45, 2.75) is 270 Å². The number of nitrogens with one attached hydrogen (secondary N) is 1. The van der Waals surface area contributed by atoms with Crippen molar-refractivity contribution in [2.75, 3.05) is 40.9 Å². The van der Waals surface area contributed by atoms with Crippen molar-refractivity contribution < 1.29 is 32.9 Å². The van der Waals surface area contributed by atoms with Crippen LogP contribution in [0.15, 0.2) is 97.2 Å². The number of unbranched alkanes of at least 4 members (excludes halogenated alkanes) is 26. The molecule has 3 unspecified atom stereocenters. The minimum atomic E-state index is -4.59. The molecule has 0 aromatic rings. The van der Waals surface area contributed by atoms with Gasteiger partial charge < -0.3 is 28.8 Å². The van der Waals surface area contributed by atoms with Crippen LogP contribution in [-0.4, -0.2) is 68.5 Å². The minimum absolute atomic E-state index is 0.00192. The molecule has 0 aromatic heterocycles. The third kappa shape index (κ3) is 57.1. The molecular formula is C65H117N2O6P. The van der Waals surface area contributed by atoms with E-state index in [9.17, 15) is 19.4 Å². The number of phosphoric ester groups is 1. The van der Waals surface area contributed by atoms with Crippen LogP contribution in [-0.2, 0) is 18.4 Å². The molecule has 74 heavy (non-hydrogen) atoms. The van der Waals surface area contributed by atoms with Gasteiger partial charge in [-0.3, -0.25) is 9.36 Å². The fourth-order valence-corrected chi connectivity index (χ4v) is 9.31. The summed E-state index contributed by atoms with van der Waals surface area (Å²) < 4.78 is 23.4. The molecule has 0 aromatic carbocycles. The Balaban J connectivity index is 4.24. The average Bonchev–Trinajstić information content (AvgIpc) is 3.36. The molecule has 2 N–H and O–H groups in total. The molecule has 0 heterocycles. The van der Waals surface area contributed by atoms with Crippen LogP contribution >= 0.6 is 7.82 Å². The number of phosphoric acid groups is 1. The van der Waals surface area contributed by atoms with E-state index in [-0.39, 0.29) is 19.1 Å². The zero-order valence-electron chi connectivity index (χ0n) is 48.8. The zero-order chi connectivity index (χ0) is 54.2. The lowest BCUT2D eigenvalue weighted by molar-refractivity contribution is -0.870. The van der Waals surface area contributed by atoms with Crippen LogP contribution in [0.5, 0.6) is 0 Å². The Hall–Kier alpha value is -2.58. The lowest BCUT2D eigenvalue weighted by Crippen LogP contribution is -2.46. The molecule has 0 aliphatic rings. The second-order valence-corrected chi connectivity index (χ2v) is 23.1. The molecule has 0 rings (SSSR count). The summed E-state index contributed by atoms with van der Waals surface area (Å²) in [5.41, 5.74) is 0. The van der Waals surface area contributed by atoms with Gasteiger partial charge in [0.25, 0.3) is 7.82 Å². The predicted molar refractivity (Wildman–Crippen MR) is 320 cm³/mol. The Bertz CT molecular complexity index is 1520. The van der Waals surface area contributed by atoms with E-state index in [0.29, 0.717) is 23.9 Å². The number of likely N-dealkylation sites (N-methyl/N-ethyl adjacent to an activating group) is 1. The number of aliphatic hydroxyl groups is 1. The maximum absolute atomic E-state index is 13.0. The minimum Gasteiger partial charge on any atom is -0.756 e. The van der Waals surface area contributed by atoms with Crippen LogP contribution in [0.4, 0.5) is 0 Å². The summed E-state index contributed by atoms with van der Waals surface area (Å²) in [7, 11) is 1.28. The third-order valence-corrected chi connectivity index (χ3v) is 14.3.